The maximum atomic E-state index is 14.0. The molecule has 0 saturated carbocycles. The van der Waals surface area contributed by atoms with Gasteiger partial charge in [-0.15, -0.1) is 11.3 Å². The molecule has 3 aromatic rings. The summed E-state index contributed by atoms with van der Waals surface area (Å²) in [6.45, 7) is 2.82. The van der Waals surface area contributed by atoms with Crippen LogP contribution < -0.4 is 5.32 Å². The highest BCUT2D eigenvalue weighted by atomic mass is 32.2. The summed E-state index contributed by atoms with van der Waals surface area (Å²) >= 11 is 1.28. The number of aromatic nitrogens is 2. The SMILES string of the molecule is Cc1nc(NC(=O)c2cc(S(=O)(=O)N3CCCCC3)cn2C)sc1Cc1ccccc1F. The summed E-state index contributed by atoms with van der Waals surface area (Å²) in [6, 6.07) is 7.96. The van der Waals surface area contributed by atoms with Crippen molar-refractivity contribution in [2.24, 2.45) is 7.05 Å². The van der Waals surface area contributed by atoms with Crippen molar-refractivity contribution in [1.29, 1.82) is 0 Å². The van der Waals surface area contributed by atoms with Crippen LogP contribution in [0.4, 0.5) is 9.52 Å². The van der Waals surface area contributed by atoms with Crippen molar-refractivity contribution >= 4 is 32.4 Å². The Morgan fingerprint density at radius 2 is 1.94 bits per heavy atom. The molecule has 0 atom stereocenters. The predicted molar refractivity (Wildman–Crippen MR) is 122 cm³/mol. The van der Waals surface area contributed by atoms with E-state index in [1.165, 1.54) is 38.5 Å². The number of hydrogen-bond donors (Lipinski definition) is 1. The standard InChI is InChI=1S/C22H25FN4O3S2/c1-15-20(12-16-8-4-5-9-18(16)23)31-22(24-15)25-21(28)19-13-17(14-26(19)2)32(29,30)27-10-6-3-7-11-27/h4-5,8-9,13-14H,3,6-7,10-12H2,1-2H3,(H,24,25,28). The number of nitrogens with one attached hydrogen (secondary N) is 1. The van der Waals surface area contributed by atoms with Gasteiger partial charge in [-0.05, 0) is 37.5 Å². The Hall–Kier alpha value is -2.56. The third-order valence-electron chi connectivity index (χ3n) is 5.59. The number of hydrogen-bond acceptors (Lipinski definition) is 5. The lowest BCUT2D eigenvalue weighted by Crippen LogP contribution is -2.35. The molecule has 1 aliphatic rings. The minimum absolute atomic E-state index is 0.114. The second-order valence-electron chi connectivity index (χ2n) is 7.89. The van der Waals surface area contributed by atoms with Crippen molar-refractivity contribution in [2.75, 3.05) is 18.4 Å². The minimum atomic E-state index is -3.63. The third-order valence-corrected chi connectivity index (χ3v) is 8.52. The molecule has 4 rings (SSSR count). The maximum absolute atomic E-state index is 14.0. The molecule has 10 heteroatoms. The molecule has 170 valence electrons. The zero-order chi connectivity index (χ0) is 22.9. The Labute approximate surface area is 191 Å². The topological polar surface area (TPSA) is 84.3 Å². The lowest BCUT2D eigenvalue weighted by atomic mass is 10.1. The Morgan fingerprint density at radius 3 is 2.66 bits per heavy atom. The van der Waals surface area contributed by atoms with Crippen molar-refractivity contribution in [2.45, 2.75) is 37.5 Å². The molecule has 0 aliphatic carbocycles. The molecule has 1 aliphatic heterocycles. The van der Waals surface area contributed by atoms with Crippen LogP contribution in [0.5, 0.6) is 0 Å². The van der Waals surface area contributed by atoms with Crippen LogP contribution in [0.25, 0.3) is 0 Å². The van der Waals surface area contributed by atoms with Gasteiger partial charge in [0.25, 0.3) is 5.91 Å². The maximum Gasteiger partial charge on any atom is 0.274 e. The number of thiazole rings is 1. The smallest absolute Gasteiger partial charge is 0.274 e. The highest BCUT2D eigenvalue weighted by molar-refractivity contribution is 7.89. The van der Waals surface area contributed by atoms with E-state index in [1.807, 2.05) is 6.92 Å². The average molecular weight is 477 g/mol. The van der Waals surface area contributed by atoms with Gasteiger partial charge >= 0.3 is 0 Å². The number of amides is 1. The number of halogens is 1. The number of carbonyl (C=O) groups is 1. The number of carbonyl (C=O) groups excluding carboxylic acids is 1. The fraction of sp³-hybridized carbons (Fsp3) is 0.364. The van der Waals surface area contributed by atoms with E-state index in [9.17, 15) is 17.6 Å². The first kappa shape index (κ1) is 22.6. The molecular weight excluding hydrogens is 451 g/mol. The molecule has 1 fully saturated rings. The number of nitrogens with zero attached hydrogens (tertiary/aromatic N) is 3. The zero-order valence-corrected chi connectivity index (χ0v) is 19.6. The van der Waals surface area contributed by atoms with Gasteiger partial charge in [0.2, 0.25) is 10.0 Å². The summed E-state index contributed by atoms with van der Waals surface area (Å²) in [7, 11) is -1.99. The van der Waals surface area contributed by atoms with Crippen LogP contribution in [0.15, 0.2) is 41.4 Å². The van der Waals surface area contributed by atoms with E-state index in [1.54, 1.807) is 25.2 Å². The van der Waals surface area contributed by atoms with Crippen LogP contribution >= 0.6 is 11.3 Å². The van der Waals surface area contributed by atoms with E-state index in [4.69, 9.17) is 0 Å². The van der Waals surface area contributed by atoms with Gasteiger partial charge in [0.1, 0.15) is 16.4 Å². The lowest BCUT2D eigenvalue weighted by Gasteiger charge is -2.25. The van der Waals surface area contributed by atoms with E-state index in [0.29, 0.717) is 35.9 Å². The van der Waals surface area contributed by atoms with Gasteiger partial charge in [0.15, 0.2) is 5.13 Å². The summed E-state index contributed by atoms with van der Waals surface area (Å²) in [5, 5.41) is 3.14. The van der Waals surface area contributed by atoms with E-state index in [2.05, 4.69) is 10.3 Å². The largest absolute Gasteiger partial charge is 0.345 e. The van der Waals surface area contributed by atoms with Gasteiger partial charge in [-0.2, -0.15) is 4.31 Å². The Balaban J connectivity index is 1.51. The fourth-order valence-corrected chi connectivity index (χ4v) is 6.35. The van der Waals surface area contributed by atoms with Crippen LogP contribution in [0, 0.1) is 12.7 Å². The van der Waals surface area contributed by atoms with E-state index in [0.717, 1.165) is 24.1 Å². The van der Waals surface area contributed by atoms with Crippen LogP contribution in [0.3, 0.4) is 0 Å². The molecular formula is C22H25FN4O3S2. The summed E-state index contributed by atoms with van der Waals surface area (Å²) in [4.78, 5) is 18.2. The number of anilines is 1. The first-order chi connectivity index (χ1) is 15.3. The molecule has 0 spiro atoms. The quantitative estimate of drug-likeness (QED) is 0.584. The first-order valence-electron chi connectivity index (χ1n) is 10.4. The molecule has 3 heterocycles. The third kappa shape index (κ3) is 4.62. The number of sulfonamides is 1. The van der Waals surface area contributed by atoms with Gasteiger partial charge in [-0.25, -0.2) is 17.8 Å². The molecule has 7 nitrogen and oxygen atoms in total. The van der Waals surface area contributed by atoms with Gasteiger partial charge in [0, 0.05) is 37.6 Å². The normalized spacial score (nSPS) is 15.1. The summed E-state index contributed by atoms with van der Waals surface area (Å²) in [5.41, 5.74) is 1.50. The first-order valence-corrected chi connectivity index (χ1v) is 12.7. The molecule has 1 amide bonds. The lowest BCUT2D eigenvalue weighted by molar-refractivity contribution is 0.101. The Kier molecular flexibility index (Phi) is 6.45. The molecule has 0 radical (unpaired) electrons. The number of piperidine rings is 1. The molecule has 0 bridgehead atoms. The number of benzene rings is 1. The van der Waals surface area contributed by atoms with Gasteiger partial charge in [-0.1, -0.05) is 24.6 Å². The number of aryl methyl sites for hydroxylation is 2. The van der Waals surface area contributed by atoms with E-state index in [-0.39, 0.29) is 16.4 Å². The van der Waals surface area contributed by atoms with Crippen molar-refractivity contribution < 1.29 is 17.6 Å². The Morgan fingerprint density at radius 1 is 1.22 bits per heavy atom. The van der Waals surface area contributed by atoms with Crippen molar-refractivity contribution in [3.05, 3.63) is 64.2 Å². The molecule has 1 aromatic carbocycles. The molecule has 32 heavy (non-hydrogen) atoms. The van der Waals surface area contributed by atoms with Gasteiger partial charge in [0.05, 0.1) is 5.69 Å². The molecule has 2 aromatic heterocycles. The zero-order valence-electron chi connectivity index (χ0n) is 18.0. The monoisotopic (exact) mass is 476 g/mol. The molecule has 1 saturated heterocycles. The molecule has 1 N–H and O–H groups in total. The summed E-state index contributed by atoms with van der Waals surface area (Å²) < 4.78 is 42.8. The van der Waals surface area contributed by atoms with E-state index < -0.39 is 15.9 Å². The number of rotatable bonds is 6. The van der Waals surface area contributed by atoms with Crippen LogP contribution in [0.1, 0.15) is 45.9 Å². The minimum Gasteiger partial charge on any atom is -0.345 e. The van der Waals surface area contributed by atoms with Crippen LogP contribution in [0.2, 0.25) is 0 Å². The average Bonchev–Trinajstić information content (AvgIpc) is 3.33. The van der Waals surface area contributed by atoms with Crippen molar-refractivity contribution in [3.8, 4) is 0 Å². The van der Waals surface area contributed by atoms with Crippen molar-refractivity contribution in [1.82, 2.24) is 13.9 Å². The second-order valence-corrected chi connectivity index (χ2v) is 10.9. The second kappa shape index (κ2) is 9.13. The summed E-state index contributed by atoms with van der Waals surface area (Å²) in [5.74, 6) is -0.726. The molecule has 0 unspecified atom stereocenters. The van der Waals surface area contributed by atoms with Gasteiger partial charge < -0.3 is 4.57 Å². The fourth-order valence-electron chi connectivity index (χ4n) is 3.78. The van der Waals surface area contributed by atoms with Crippen LogP contribution in [-0.4, -0.2) is 41.3 Å². The Bertz CT molecular complexity index is 1240. The van der Waals surface area contributed by atoms with Crippen LogP contribution in [-0.2, 0) is 23.5 Å². The summed E-state index contributed by atoms with van der Waals surface area (Å²) in [6.07, 6.45) is 4.57. The predicted octanol–water partition coefficient (Wildman–Crippen LogP) is 3.95. The highest BCUT2D eigenvalue weighted by Gasteiger charge is 2.28. The highest BCUT2D eigenvalue weighted by Crippen LogP contribution is 2.27. The van der Waals surface area contributed by atoms with E-state index >= 15 is 0 Å². The van der Waals surface area contributed by atoms with Crippen molar-refractivity contribution in [3.63, 3.8) is 0 Å². The van der Waals surface area contributed by atoms with Gasteiger partial charge in [-0.3, -0.25) is 10.1 Å².